The molecule has 0 radical (unpaired) electrons. The normalized spacial score (nSPS) is 17.6. The lowest BCUT2D eigenvalue weighted by atomic mass is 9.96. The van der Waals surface area contributed by atoms with Crippen LogP contribution in [0.1, 0.15) is 25.7 Å². The van der Waals surface area contributed by atoms with Crippen molar-refractivity contribution in [1.29, 1.82) is 0 Å². The van der Waals surface area contributed by atoms with Crippen LogP contribution in [0, 0.1) is 0 Å². The Morgan fingerprint density at radius 2 is 1.80 bits per heavy atom. The lowest BCUT2D eigenvalue weighted by Crippen LogP contribution is -2.30. The molecule has 4 heteroatoms. The number of ether oxygens (including phenoxy) is 1. The van der Waals surface area contributed by atoms with Gasteiger partial charge < -0.3 is 9.15 Å². The third kappa shape index (κ3) is 3.20. The molecule has 3 aromatic rings. The van der Waals surface area contributed by atoms with Gasteiger partial charge in [0, 0.05) is 23.9 Å². The summed E-state index contributed by atoms with van der Waals surface area (Å²) >= 11 is 0. The third-order valence-electron chi connectivity index (χ3n) is 4.58. The van der Waals surface area contributed by atoms with Crippen molar-refractivity contribution in [2.45, 2.75) is 31.8 Å². The molecule has 4 rings (SSSR count). The molecule has 1 unspecified atom stereocenters. The molecule has 25 heavy (non-hydrogen) atoms. The van der Waals surface area contributed by atoms with Gasteiger partial charge in [-0.3, -0.25) is 4.79 Å². The summed E-state index contributed by atoms with van der Waals surface area (Å²) in [7, 11) is 0. The molecule has 0 saturated heterocycles. The van der Waals surface area contributed by atoms with Crippen molar-refractivity contribution >= 4 is 16.8 Å². The average molecular weight is 334 g/mol. The molecule has 1 heterocycles. The highest BCUT2D eigenvalue weighted by atomic mass is 16.5. The molecule has 1 aromatic heterocycles. The summed E-state index contributed by atoms with van der Waals surface area (Å²) in [6.07, 6.45) is 2.86. The summed E-state index contributed by atoms with van der Waals surface area (Å²) in [6.45, 7) is 0. The van der Waals surface area contributed by atoms with Crippen LogP contribution in [-0.4, -0.2) is 11.9 Å². The van der Waals surface area contributed by atoms with Crippen molar-refractivity contribution in [3.05, 3.63) is 65.0 Å². The van der Waals surface area contributed by atoms with Gasteiger partial charge in [0.25, 0.3) is 0 Å². The molecule has 126 valence electrons. The molecule has 0 N–H and O–H groups in total. The minimum absolute atomic E-state index is 0.144. The van der Waals surface area contributed by atoms with Crippen LogP contribution < -0.4 is 10.4 Å². The first kappa shape index (κ1) is 15.6. The SMILES string of the molecule is O=C1CCCCC1Oc1ccc2c(-c3ccccc3)cc(=O)oc2c1. The summed E-state index contributed by atoms with van der Waals surface area (Å²) in [5.41, 5.74) is 1.84. The van der Waals surface area contributed by atoms with Crippen LogP contribution in [0.15, 0.2) is 63.8 Å². The number of hydrogen-bond acceptors (Lipinski definition) is 4. The highest BCUT2D eigenvalue weighted by molar-refractivity contribution is 5.93. The zero-order valence-electron chi connectivity index (χ0n) is 13.7. The fourth-order valence-corrected chi connectivity index (χ4v) is 3.31. The van der Waals surface area contributed by atoms with Gasteiger partial charge in [0.15, 0.2) is 11.9 Å². The second-order valence-electron chi connectivity index (χ2n) is 6.32. The summed E-state index contributed by atoms with van der Waals surface area (Å²) in [5.74, 6) is 0.701. The number of rotatable bonds is 3. The van der Waals surface area contributed by atoms with Crippen LogP contribution in [0.3, 0.4) is 0 Å². The fourth-order valence-electron chi connectivity index (χ4n) is 3.31. The predicted octanol–water partition coefficient (Wildman–Crippen LogP) is 4.35. The van der Waals surface area contributed by atoms with Gasteiger partial charge in [-0.25, -0.2) is 4.79 Å². The molecule has 1 aliphatic rings. The third-order valence-corrected chi connectivity index (χ3v) is 4.58. The molecular formula is C21H18O4. The van der Waals surface area contributed by atoms with Crippen molar-refractivity contribution in [2.24, 2.45) is 0 Å². The van der Waals surface area contributed by atoms with E-state index in [1.165, 1.54) is 6.07 Å². The van der Waals surface area contributed by atoms with Crippen LogP contribution in [0.5, 0.6) is 5.75 Å². The Hall–Kier alpha value is -2.88. The molecule has 1 saturated carbocycles. The lowest BCUT2D eigenvalue weighted by Gasteiger charge is -2.21. The predicted molar refractivity (Wildman–Crippen MR) is 95.8 cm³/mol. The first-order valence-corrected chi connectivity index (χ1v) is 8.53. The molecule has 0 spiro atoms. The van der Waals surface area contributed by atoms with Gasteiger partial charge in [0.05, 0.1) is 0 Å². The van der Waals surface area contributed by atoms with Crippen molar-refractivity contribution in [1.82, 2.24) is 0 Å². The Labute approximate surface area is 145 Å². The maximum atomic E-state index is 12.0. The Bertz CT molecular complexity index is 972. The molecule has 0 bridgehead atoms. The van der Waals surface area contributed by atoms with Gasteiger partial charge in [0.1, 0.15) is 11.3 Å². The number of fused-ring (bicyclic) bond motifs is 1. The smallest absolute Gasteiger partial charge is 0.336 e. The van der Waals surface area contributed by atoms with E-state index >= 15 is 0 Å². The van der Waals surface area contributed by atoms with Crippen LogP contribution in [0.2, 0.25) is 0 Å². The Kier molecular flexibility index (Phi) is 4.10. The summed E-state index contributed by atoms with van der Waals surface area (Å²) in [5, 5.41) is 0.841. The largest absolute Gasteiger partial charge is 0.483 e. The number of Topliss-reactive ketones (excluding diaryl/α,β-unsaturated/α-hetero) is 1. The number of hydrogen-bond donors (Lipinski definition) is 0. The molecule has 1 aliphatic carbocycles. The second-order valence-corrected chi connectivity index (χ2v) is 6.32. The average Bonchev–Trinajstić information content (AvgIpc) is 2.63. The van der Waals surface area contributed by atoms with Crippen LogP contribution >= 0.6 is 0 Å². The summed E-state index contributed by atoms with van der Waals surface area (Å²) < 4.78 is 11.2. The van der Waals surface area contributed by atoms with E-state index in [2.05, 4.69) is 0 Å². The Morgan fingerprint density at radius 3 is 2.60 bits per heavy atom. The molecule has 4 nitrogen and oxygen atoms in total. The fraction of sp³-hybridized carbons (Fsp3) is 0.238. The van der Waals surface area contributed by atoms with Gasteiger partial charge in [-0.05, 0) is 42.5 Å². The number of benzene rings is 2. The van der Waals surface area contributed by atoms with Crippen LogP contribution in [-0.2, 0) is 4.79 Å². The number of carbonyl (C=O) groups is 1. The van der Waals surface area contributed by atoms with E-state index in [0.717, 1.165) is 35.8 Å². The van der Waals surface area contributed by atoms with Gasteiger partial charge in [-0.2, -0.15) is 0 Å². The van der Waals surface area contributed by atoms with Gasteiger partial charge in [0.2, 0.25) is 0 Å². The minimum atomic E-state index is -0.405. The van der Waals surface area contributed by atoms with Gasteiger partial charge in [-0.15, -0.1) is 0 Å². The maximum Gasteiger partial charge on any atom is 0.336 e. The maximum absolute atomic E-state index is 12.0. The number of carbonyl (C=O) groups excluding carboxylic acids is 1. The van der Waals surface area contributed by atoms with Gasteiger partial charge >= 0.3 is 5.63 Å². The van der Waals surface area contributed by atoms with Crippen LogP contribution in [0.4, 0.5) is 0 Å². The zero-order valence-corrected chi connectivity index (χ0v) is 13.7. The highest BCUT2D eigenvalue weighted by Gasteiger charge is 2.24. The van der Waals surface area contributed by atoms with Crippen molar-refractivity contribution in [3.8, 4) is 16.9 Å². The Morgan fingerprint density at radius 1 is 0.960 bits per heavy atom. The lowest BCUT2D eigenvalue weighted by molar-refractivity contribution is -0.127. The first-order chi connectivity index (χ1) is 12.2. The quantitative estimate of drug-likeness (QED) is 0.668. The van der Waals surface area contributed by atoms with E-state index in [4.69, 9.17) is 9.15 Å². The highest BCUT2D eigenvalue weighted by Crippen LogP contribution is 2.30. The van der Waals surface area contributed by atoms with Crippen LogP contribution in [0.25, 0.3) is 22.1 Å². The summed E-state index contributed by atoms with van der Waals surface area (Å²) in [4.78, 5) is 23.9. The van der Waals surface area contributed by atoms with E-state index in [-0.39, 0.29) is 5.78 Å². The minimum Gasteiger partial charge on any atom is -0.483 e. The Balaban J connectivity index is 1.74. The number of ketones is 1. The molecule has 1 fully saturated rings. The molecule has 2 aromatic carbocycles. The van der Waals surface area contributed by atoms with Crippen molar-refractivity contribution in [2.75, 3.05) is 0 Å². The van der Waals surface area contributed by atoms with E-state index in [1.54, 1.807) is 6.07 Å². The van der Waals surface area contributed by atoms with E-state index in [0.29, 0.717) is 17.8 Å². The van der Waals surface area contributed by atoms with Gasteiger partial charge in [-0.1, -0.05) is 30.3 Å². The van der Waals surface area contributed by atoms with Crippen molar-refractivity contribution in [3.63, 3.8) is 0 Å². The topological polar surface area (TPSA) is 56.5 Å². The zero-order chi connectivity index (χ0) is 17.2. The summed E-state index contributed by atoms with van der Waals surface area (Å²) in [6, 6.07) is 16.6. The first-order valence-electron chi connectivity index (χ1n) is 8.53. The second kappa shape index (κ2) is 6.55. The van der Waals surface area contributed by atoms with E-state index in [9.17, 15) is 9.59 Å². The molecular weight excluding hydrogens is 316 g/mol. The van der Waals surface area contributed by atoms with E-state index < -0.39 is 11.7 Å². The molecule has 0 amide bonds. The monoisotopic (exact) mass is 334 g/mol. The standard InChI is InChI=1S/C21H18O4/c22-18-8-4-5-9-19(18)24-15-10-11-16-17(14-6-2-1-3-7-14)13-21(23)25-20(16)12-15/h1-3,6-7,10-13,19H,4-5,8-9H2. The van der Waals surface area contributed by atoms with E-state index in [1.807, 2.05) is 42.5 Å². The molecule has 1 atom stereocenters. The van der Waals surface area contributed by atoms with Crippen molar-refractivity contribution < 1.29 is 13.9 Å². The molecule has 0 aliphatic heterocycles.